The monoisotopic (exact) mass is 288 g/mol. The zero-order valence-corrected chi connectivity index (χ0v) is 12.3. The molecule has 3 aliphatic rings. The average molecular weight is 289 g/mol. The third-order valence-corrected chi connectivity index (χ3v) is 5.13. The Kier molecular flexibility index (Phi) is 2.54. The van der Waals surface area contributed by atoms with Crippen LogP contribution in [0.1, 0.15) is 34.3 Å². The molecule has 2 aliphatic heterocycles. The lowest BCUT2D eigenvalue weighted by atomic mass is 9.61. The number of fused-ring (bicyclic) bond motifs is 1. The van der Waals surface area contributed by atoms with E-state index in [2.05, 4.69) is 11.4 Å². The number of rotatable bonds is 1. The summed E-state index contributed by atoms with van der Waals surface area (Å²) < 4.78 is 0. The molecule has 0 bridgehead atoms. The van der Waals surface area contributed by atoms with Gasteiger partial charge in [0.2, 0.25) is 0 Å². The van der Waals surface area contributed by atoms with Crippen molar-refractivity contribution in [3.8, 4) is 0 Å². The van der Waals surface area contributed by atoms with E-state index in [1.165, 1.54) is 24.0 Å². The van der Waals surface area contributed by atoms with Crippen molar-refractivity contribution in [2.75, 3.05) is 20.1 Å². The third-order valence-electron chi connectivity index (χ3n) is 4.82. The van der Waals surface area contributed by atoms with Crippen molar-refractivity contribution in [3.05, 3.63) is 39.4 Å². The van der Waals surface area contributed by atoms with Crippen LogP contribution in [0.2, 0.25) is 5.02 Å². The first-order valence-corrected chi connectivity index (χ1v) is 7.43. The summed E-state index contributed by atoms with van der Waals surface area (Å²) in [6, 6.07) is 3.90. The summed E-state index contributed by atoms with van der Waals surface area (Å²) in [5.74, 6) is 0.0403. The molecule has 4 heteroatoms. The first kappa shape index (κ1) is 12.4. The quantitative estimate of drug-likeness (QED) is 0.862. The smallest absolute Gasteiger partial charge is 0.255 e. The van der Waals surface area contributed by atoms with Gasteiger partial charge in [0.05, 0.1) is 10.6 Å². The van der Waals surface area contributed by atoms with Gasteiger partial charge in [-0.25, -0.2) is 0 Å². The summed E-state index contributed by atoms with van der Waals surface area (Å²) in [7, 11) is 1.83. The Morgan fingerprint density at radius 2 is 2.10 bits per heavy atom. The largest absolute Gasteiger partial charge is 0.337 e. The van der Waals surface area contributed by atoms with Crippen molar-refractivity contribution in [3.63, 3.8) is 0 Å². The Hall–Kier alpha value is -1.32. The van der Waals surface area contributed by atoms with E-state index < -0.39 is 0 Å². The number of allylic oxidation sites excluding steroid dienone is 1. The molecule has 20 heavy (non-hydrogen) atoms. The highest BCUT2D eigenvalue weighted by molar-refractivity contribution is 6.34. The van der Waals surface area contributed by atoms with Crippen LogP contribution in [-0.2, 0) is 6.54 Å². The molecule has 1 amide bonds. The van der Waals surface area contributed by atoms with Gasteiger partial charge >= 0.3 is 0 Å². The first-order chi connectivity index (χ1) is 9.58. The summed E-state index contributed by atoms with van der Waals surface area (Å²) in [4.78, 5) is 13.8. The fourth-order valence-electron chi connectivity index (χ4n) is 3.63. The highest BCUT2D eigenvalue weighted by Crippen LogP contribution is 2.49. The molecule has 1 aromatic rings. The van der Waals surface area contributed by atoms with E-state index >= 15 is 0 Å². The Balaban J connectivity index is 1.67. The van der Waals surface area contributed by atoms with E-state index in [0.29, 0.717) is 22.5 Å². The number of nitrogens with zero attached hydrogens (tertiary/aromatic N) is 1. The molecule has 1 aromatic carbocycles. The van der Waals surface area contributed by atoms with Crippen molar-refractivity contribution in [2.24, 2.45) is 5.41 Å². The second-order valence-corrected chi connectivity index (χ2v) is 6.82. The molecule has 1 saturated heterocycles. The summed E-state index contributed by atoms with van der Waals surface area (Å²) in [6.07, 6.45) is 4.66. The van der Waals surface area contributed by atoms with Crippen LogP contribution in [0, 0.1) is 5.41 Å². The van der Waals surface area contributed by atoms with Crippen LogP contribution >= 0.6 is 11.6 Å². The molecule has 1 saturated carbocycles. The van der Waals surface area contributed by atoms with E-state index in [4.69, 9.17) is 11.6 Å². The van der Waals surface area contributed by atoms with Crippen molar-refractivity contribution in [2.45, 2.75) is 19.4 Å². The fraction of sp³-hybridized carbons (Fsp3) is 0.438. The molecule has 2 fully saturated rings. The maximum Gasteiger partial charge on any atom is 0.255 e. The Morgan fingerprint density at radius 3 is 2.75 bits per heavy atom. The second kappa shape index (κ2) is 4.09. The SMILES string of the molecule is CN1Cc2c(C=C3CC4(CNC4)C3)ccc(Cl)c2C1=O. The number of hydrogen-bond donors (Lipinski definition) is 1. The molecule has 2 heterocycles. The van der Waals surface area contributed by atoms with Gasteiger partial charge in [0.15, 0.2) is 0 Å². The van der Waals surface area contributed by atoms with Crippen LogP contribution in [0.25, 0.3) is 6.08 Å². The van der Waals surface area contributed by atoms with Gasteiger partial charge in [-0.1, -0.05) is 29.3 Å². The van der Waals surface area contributed by atoms with Crippen LogP contribution < -0.4 is 5.32 Å². The van der Waals surface area contributed by atoms with Crippen LogP contribution in [0.5, 0.6) is 0 Å². The van der Waals surface area contributed by atoms with Gasteiger partial charge in [0.25, 0.3) is 5.91 Å². The highest BCUT2D eigenvalue weighted by atomic mass is 35.5. The van der Waals surface area contributed by atoms with Gasteiger partial charge in [-0.3, -0.25) is 4.79 Å². The van der Waals surface area contributed by atoms with Crippen molar-refractivity contribution >= 4 is 23.6 Å². The van der Waals surface area contributed by atoms with Crippen molar-refractivity contribution in [1.82, 2.24) is 10.2 Å². The predicted molar refractivity (Wildman–Crippen MR) is 79.8 cm³/mol. The van der Waals surface area contributed by atoms with Gasteiger partial charge in [0, 0.05) is 32.1 Å². The number of carbonyl (C=O) groups excluding carboxylic acids is 1. The lowest BCUT2D eigenvalue weighted by molar-refractivity contribution is 0.0816. The molecular weight excluding hydrogens is 272 g/mol. The number of nitrogens with one attached hydrogen (secondary N) is 1. The second-order valence-electron chi connectivity index (χ2n) is 6.41. The number of benzene rings is 1. The predicted octanol–water partition coefficient (Wildman–Crippen LogP) is 2.69. The van der Waals surface area contributed by atoms with Gasteiger partial charge in [-0.05, 0) is 30.0 Å². The first-order valence-electron chi connectivity index (χ1n) is 7.05. The minimum absolute atomic E-state index is 0.0403. The van der Waals surface area contributed by atoms with E-state index in [0.717, 1.165) is 18.7 Å². The van der Waals surface area contributed by atoms with Crippen LogP contribution in [0.3, 0.4) is 0 Å². The third kappa shape index (κ3) is 1.66. The Bertz CT molecular complexity index is 636. The van der Waals surface area contributed by atoms with Crippen LogP contribution in [0.15, 0.2) is 17.7 Å². The number of hydrogen-bond acceptors (Lipinski definition) is 2. The van der Waals surface area contributed by atoms with E-state index in [1.807, 2.05) is 19.2 Å². The van der Waals surface area contributed by atoms with Gasteiger partial charge in [-0.15, -0.1) is 0 Å². The molecular formula is C16H17ClN2O. The van der Waals surface area contributed by atoms with E-state index in [9.17, 15) is 4.79 Å². The molecule has 1 spiro atoms. The molecule has 0 radical (unpaired) electrons. The zero-order chi connectivity index (χ0) is 13.9. The van der Waals surface area contributed by atoms with Gasteiger partial charge < -0.3 is 10.2 Å². The zero-order valence-electron chi connectivity index (χ0n) is 11.5. The number of carbonyl (C=O) groups is 1. The summed E-state index contributed by atoms with van der Waals surface area (Å²) >= 11 is 6.19. The summed E-state index contributed by atoms with van der Waals surface area (Å²) in [5.41, 5.74) is 5.00. The summed E-state index contributed by atoms with van der Waals surface area (Å²) in [5, 5.41) is 3.93. The van der Waals surface area contributed by atoms with Gasteiger partial charge in [-0.2, -0.15) is 0 Å². The molecule has 1 N–H and O–H groups in total. The average Bonchev–Trinajstić information content (AvgIpc) is 2.61. The topological polar surface area (TPSA) is 32.3 Å². The van der Waals surface area contributed by atoms with Crippen molar-refractivity contribution in [1.29, 1.82) is 0 Å². The maximum atomic E-state index is 12.1. The Morgan fingerprint density at radius 1 is 1.35 bits per heavy atom. The van der Waals surface area contributed by atoms with Crippen molar-refractivity contribution < 1.29 is 4.79 Å². The van der Waals surface area contributed by atoms with Crippen LogP contribution in [-0.4, -0.2) is 30.9 Å². The lowest BCUT2D eigenvalue weighted by Gasteiger charge is -2.51. The van der Waals surface area contributed by atoms with Crippen LogP contribution in [0.4, 0.5) is 0 Å². The summed E-state index contributed by atoms with van der Waals surface area (Å²) in [6.45, 7) is 2.98. The number of halogens is 1. The molecule has 1 aliphatic carbocycles. The molecule has 0 unspecified atom stereocenters. The minimum atomic E-state index is 0.0403. The maximum absolute atomic E-state index is 12.1. The van der Waals surface area contributed by atoms with Gasteiger partial charge in [0.1, 0.15) is 0 Å². The van der Waals surface area contributed by atoms with E-state index in [-0.39, 0.29) is 5.91 Å². The fourth-order valence-corrected chi connectivity index (χ4v) is 3.89. The normalized spacial score (nSPS) is 22.6. The number of amides is 1. The lowest BCUT2D eigenvalue weighted by Crippen LogP contribution is -2.57. The molecule has 4 rings (SSSR count). The van der Waals surface area contributed by atoms with E-state index in [1.54, 1.807) is 4.90 Å². The highest BCUT2D eigenvalue weighted by Gasteiger charge is 2.45. The molecule has 3 nitrogen and oxygen atoms in total. The Labute approximate surface area is 123 Å². The minimum Gasteiger partial charge on any atom is -0.337 e. The molecule has 0 atom stereocenters. The molecule has 104 valence electrons. The molecule has 0 aromatic heterocycles. The standard InChI is InChI=1S/C16H17ClN2O/c1-19-7-12-11(2-3-13(17)14(12)15(19)20)4-10-5-16(6-10)8-18-9-16/h2-4,18H,5-9H2,1H3.